The average molecular weight is 481 g/mol. The monoisotopic (exact) mass is 480 g/mol. The topological polar surface area (TPSA) is 94.5 Å². The molecule has 4 rings (SSSR count). The van der Waals surface area contributed by atoms with E-state index in [0.29, 0.717) is 11.4 Å². The van der Waals surface area contributed by atoms with E-state index in [1.807, 2.05) is 6.92 Å². The zero-order valence-electron chi connectivity index (χ0n) is 18.4. The predicted molar refractivity (Wildman–Crippen MR) is 126 cm³/mol. The van der Waals surface area contributed by atoms with Gasteiger partial charge in [0.25, 0.3) is 0 Å². The Labute approximate surface area is 195 Å². The van der Waals surface area contributed by atoms with Crippen LogP contribution in [0.3, 0.4) is 0 Å². The van der Waals surface area contributed by atoms with Crippen molar-refractivity contribution in [2.24, 2.45) is 0 Å². The number of hydrogen-bond donors (Lipinski definition) is 1. The predicted octanol–water partition coefficient (Wildman–Crippen LogP) is 3.93. The SMILES string of the molecule is COc1cccc(NC(=O)Cn2cc(S(=O)(=O)c3ccc(C)cc3)c(=O)c3cc(F)ccc32)c1. The van der Waals surface area contributed by atoms with Gasteiger partial charge in [-0.2, -0.15) is 0 Å². The number of nitrogens with one attached hydrogen (secondary N) is 1. The van der Waals surface area contributed by atoms with Crippen LogP contribution in [0.25, 0.3) is 10.9 Å². The molecular formula is C25H21FN2O5S. The number of hydrogen-bond acceptors (Lipinski definition) is 5. The Bertz CT molecular complexity index is 1560. The number of sulfone groups is 1. The number of carbonyl (C=O) groups excluding carboxylic acids is 1. The van der Waals surface area contributed by atoms with Crippen molar-refractivity contribution in [2.45, 2.75) is 23.3 Å². The van der Waals surface area contributed by atoms with Crippen molar-refractivity contribution in [3.8, 4) is 5.75 Å². The Hall–Kier alpha value is -3.98. The van der Waals surface area contributed by atoms with Crippen molar-refractivity contribution in [3.05, 3.63) is 94.5 Å². The molecule has 0 aliphatic rings. The standard InChI is InChI=1S/C25H21FN2O5S/c1-16-6-9-20(10-7-16)34(31,32)23-14-28(22-11-8-17(26)12-21(22)25(23)30)15-24(29)27-18-4-3-5-19(13-18)33-2/h3-14H,15H2,1-2H3,(H,27,29). The third kappa shape index (κ3) is 4.55. The summed E-state index contributed by atoms with van der Waals surface area (Å²) in [7, 11) is -2.72. The summed E-state index contributed by atoms with van der Waals surface area (Å²) in [6, 6.07) is 16.2. The van der Waals surface area contributed by atoms with Gasteiger partial charge in [-0.05, 0) is 49.4 Å². The van der Waals surface area contributed by atoms with E-state index in [4.69, 9.17) is 4.74 Å². The molecule has 1 amide bonds. The van der Waals surface area contributed by atoms with Crippen LogP contribution in [0, 0.1) is 12.7 Å². The molecule has 0 aliphatic carbocycles. The summed E-state index contributed by atoms with van der Waals surface area (Å²) in [5.41, 5.74) is 0.731. The number of amides is 1. The van der Waals surface area contributed by atoms with Crippen molar-refractivity contribution in [1.82, 2.24) is 4.57 Å². The maximum absolute atomic E-state index is 14.0. The third-order valence-electron chi connectivity index (χ3n) is 5.30. The van der Waals surface area contributed by atoms with E-state index < -0.39 is 31.9 Å². The summed E-state index contributed by atoms with van der Waals surface area (Å²) in [4.78, 5) is 25.3. The quantitative estimate of drug-likeness (QED) is 0.451. The first-order valence-corrected chi connectivity index (χ1v) is 11.8. The van der Waals surface area contributed by atoms with Gasteiger partial charge in [-0.15, -0.1) is 0 Å². The van der Waals surface area contributed by atoms with Crippen molar-refractivity contribution in [2.75, 3.05) is 12.4 Å². The number of halogens is 1. The van der Waals surface area contributed by atoms with Crippen LogP contribution in [0.15, 0.2) is 87.5 Å². The van der Waals surface area contributed by atoms with Crippen LogP contribution in [0.4, 0.5) is 10.1 Å². The van der Waals surface area contributed by atoms with E-state index in [1.165, 1.54) is 29.9 Å². The molecule has 0 atom stereocenters. The van der Waals surface area contributed by atoms with Gasteiger partial charge in [-0.3, -0.25) is 9.59 Å². The van der Waals surface area contributed by atoms with Gasteiger partial charge in [0.15, 0.2) is 0 Å². The van der Waals surface area contributed by atoms with Crippen LogP contribution in [-0.2, 0) is 21.2 Å². The Kier molecular flexibility index (Phi) is 6.21. The molecule has 0 fully saturated rings. The fourth-order valence-corrected chi connectivity index (χ4v) is 4.93. The molecule has 7 nitrogen and oxygen atoms in total. The summed E-state index contributed by atoms with van der Waals surface area (Å²) in [6.45, 7) is 1.50. The highest BCUT2D eigenvalue weighted by Gasteiger charge is 2.24. The van der Waals surface area contributed by atoms with Crippen LogP contribution in [-0.4, -0.2) is 26.0 Å². The first kappa shape index (κ1) is 23.2. The van der Waals surface area contributed by atoms with Crippen molar-refractivity contribution in [1.29, 1.82) is 0 Å². The number of aryl methyl sites for hydroxylation is 1. The first-order valence-electron chi connectivity index (χ1n) is 10.3. The van der Waals surface area contributed by atoms with E-state index in [2.05, 4.69) is 5.32 Å². The molecule has 0 unspecified atom stereocenters. The summed E-state index contributed by atoms with van der Waals surface area (Å²) in [5, 5.41) is 2.57. The van der Waals surface area contributed by atoms with Crippen LogP contribution >= 0.6 is 0 Å². The molecule has 0 radical (unpaired) electrons. The number of nitrogens with zero attached hydrogens (tertiary/aromatic N) is 1. The molecule has 1 heterocycles. The molecule has 0 saturated carbocycles. The minimum Gasteiger partial charge on any atom is -0.497 e. The van der Waals surface area contributed by atoms with E-state index in [1.54, 1.807) is 36.4 Å². The smallest absolute Gasteiger partial charge is 0.244 e. The second-order valence-corrected chi connectivity index (χ2v) is 9.63. The molecular weight excluding hydrogens is 459 g/mol. The molecule has 9 heteroatoms. The van der Waals surface area contributed by atoms with Crippen LogP contribution in [0.1, 0.15) is 5.56 Å². The van der Waals surface area contributed by atoms with E-state index >= 15 is 0 Å². The maximum Gasteiger partial charge on any atom is 0.244 e. The minimum atomic E-state index is -4.22. The fraction of sp³-hybridized carbons (Fsp3) is 0.120. The summed E-state index contributed by atoms with van der Waals surface area (Å²) in [5.74, 6) is -0.614. The minimum absolute atomic E-state index is 0.0710. The Morgan fingerprint density at radius 2 is 1.79 bits per heavy atom. The number of fused-ring (bicyclic) bond motifs is 1. The molecule has 1 N–H and O–H groups in total. The Morgan fingerprint density at radius 1 is 1.06 bits per heavy atom. The number of benzene rings is 3. The number of rotatable bonds is 6. The van der Waals surface area contributed by atoms with Crippen LogP contribution < -0.4 is 15.5 Å². The first-order chi connectivity index (χ1) is 16.2. The third-order valence-corrected chi connectivity index (χ3v) is 7.06. The van der Waals surface area contributed by atoms with Crippen LogP contribution in [0.5, 0.6) is 5.75 Å². The Balaban J connectivity index is 1.80. The second-order valence-electron chi connectivity index (χ2n) is 7.71. The summed E-state index contributed by atoms with van der Waals surface area (Å²) in [6.07, 6.45) is 1.13. The van der Waals surface area contributed by atoms with Gasteiger partial charge in [0.05, 0.1) is 17.5 Å². The molecule has 0 aliphatic heterocycles. The van der Waals surface area contributed by atoms with Gasteiger partial charge in [0.2, 0.25) is 21.2 Å². The highest BCUT2D eigenvalue weighted by Crippen LogP contribution is 2.23. The molecule has 0 bridgehead atoms. The number of pyridine rings is 1. The lowest BCUT2D eigenvalue weighted by molar-refractivity contribution is -0.116. The summed E-state index contributed by atoms with van der Waals surface area (Å²) < 4.78 is 47.0. The van der Waals surface area contributed by atoms with Crippen molar-refractivity contribution < 1.29 is 22.3 Å². The van der Waals surface area contributed by atoms with Crippen molar-refractivity contribution in [3.63, 3.8) is 0 Å². The highest BCUT2D eigenvalue weighted by atomic mass is 32.2. The van der Waals surface area contributed by atoms with E-state index in [-0.39, 0.29) is 22.3 Å². The summed E-state index contributed by atoms with van der Waals surface area (Å²) >= 11 is 0. The van der Waals surface area contributed by atoms with Gasteiger partial charge < -0.3 is 14.6 Å². The maximum atomic E-state index is 14.0. The van der Waals surface area contributed by atoms with Crippen molar-refractivity contribution >= 4 is 32.3 Å². The number of aromatic nitrogens is 1. The van der Waals surface area contributed by atoms with E-state index in [9.17, 15) is 22.4 Å². The molecule has 0 spiro atoms. The van der Waals surface area contributed by atoms with Crippen LogP contribution in [0.2, 0.25) is 0 Å². The lowest BCUT2D eigenvalue weighted by Crippen LogP contribution is -2.24. The van der Waals surface area contributed by atoms with Gasteiger partial charge in [-0.25, -0.2) is 12.8 Å². The zero-order chi connectivity index (χ0) is 24.5. The number of carbonyl (C=O) groups is 1. The normalized spacial score (nSPS) is 11.4. The van der Waals surface area contributed by atoms with E-state index in [0.717, 1.165) is 23.9 Å². The molecule has 1 aromatic heterocycles. The van der Waals surface area contributed by atoms with Gasteiger partial charge in [0, 0.05) is 23.3 Å². The molecule has 34 heavy (non-hydrogen) atoms. The lowest BCUT2D eigenvalue weighted by atomic mass is 10.2. The van der Waals surface area contributed by atoms with Gasteiger partial charge in [-0.1, -0.05) is 23.8 Å². The number of ether oxygens (including phenoxy) is 1. The molecule has 3 aromatic carbocycles. The fourth-order valence-electron chi connectivity index (χ4n) is 3.57. The lowest BCUT2D eigenvalue weighted by Gasteiger charge is -2.14. The number of anilines is 1. The van der Waals surface area contributed by atoms with Gasteiger partial charge >= 0.3 is 0 Å². The highest BCUT2D eigenvalue weighted by molar-refractivity contribution is 7.91. The average Bonchev–Trinajstić information content (AvgIpc) is 2.81. The molecule has 0 saturated heterocycles. The number of methoxy groups -OCH3 is 1. The molecule has 4 aromatic rings. The zero-order valence-corrected chi connectivity index (χ0v) is 19.2. The van der Waals surface area contributed by atoms with Gasteiger partial charge in [0.1, 0.15) is 23.0 Å². The Morgan fingerprint density at radius 3 is 2.50 bits per heavy atom. The largest absolute Gasteiger partial charge is 0.497 e. The second kappa shape index (κ2) is 9.11. The molecule has 174 valence electrons.